The molecule has 0 aliphatic carbocycles. The molecule has 0 spiro atoms. The van der Waals surface area contributed by atoms with Crippen molar-refractivity contribution in [1.82, 2.24) is 0 Å². The number of aliphatic hydroxyl groups is 1. The fraction of sp³-hybridized carbons (Fsp3) is 0.909. The van der Waals surface area contributed by atoms with Crippen LogP contribution in [0.3, 0.4) is 0 Å². The van der Waals surface area contributed by atoms with Crippen LogP contribution in [0.25, 0.3) is 0 Å². The maximum absolute atomic E-state index is 13.3. The average molecular weight is 789 g/mol. The Labute approximate surface area is 333 Å². The number of hydrogen-bond acceptors (Lipinski definition) is 7. The van der Waals surface area contributed by atoms with Crippen molar-refractivity contribution in [2.45, 2.75) is 219 Å². The smallest absolute Gasteiger partial charge is 0.457 e. The SMILES string of the molecule is CCCCCCCC/C=C\CCCCCCCC(=O)C(OP(=O)(O)OCC[N+](C)(C)C)[C@H](CO)OC(=O)CCCCCCCCCCCCCCCCC. The van der Waals surface area contributed by atoms with Crippen LogP contribution in [0.4, 0.5) is 0 Å². The Hall–Kier alpha value is -1.09. The van der Waals surface area contributed by atoms with Crippen LogP contribution in [0.15, 0.2) is 12.2 Å². The number of hydrogen-bond donors (Lipinski definition) is 2. The summed E-state index contributed by atoms with van der Waals surface area (Å²) < 4.78 is 29.4. The molecule has 0 fully saturated rings. The fourth-order valence-corrected chi connectivity index (χ4v) is 7.43. The first-order chi connectivity index (χ1) is 26.0. The van der Waals surface area contributed by atoms with Crippen molar-refractivity contribution in [2.24, 2.45) is 0 Å². The summed E-state index contributed by atoms with van der Waals surface area (Å²) in [6, 6.07) is 0. The number of likely N-dealkylation sites (N-methyl/N-ethyl adjacent to an activating group) is 1. The van der Waals surface area contributed by atoms with Crippen LogP contribution < -0.4 is 0 Å². The molecule has 0 saturated carbocycles. The molecule has 0 radical (unpaired) electrons. The predicted molar refractivity (Wildman–Crippen MR) is 225 cm³/mol. The molecule has 54 heavy (non-hydrogen) atoms. The number of Topliss-reactive ketones (excluding diaryl/α,β-unsaturated/α-hetero) is 1. The van der Waals surface area contributed by atoms with E-state index in [1.54, 1.807) is 0 Å². The number of phosphoric acid groups is 1. The number of rotatable bonds is 41. The van der Waals surface area contributed by atoms with Crippen molar-refractivity contribution in [1.29, 1.82) is 0 Å². The molecule has 0 bridgehead atoms. The standard InChI is InChI=1S/C44H86NO8P/c1-6-8-10-12-14-16-18-20-22-24-26-28-30-32-34-36-41(47)44(53-54(49,50)51-39-38-45(3,4)5)42(40-46)52-43(48)37-35-33-31-29-27-25-23-21-19-17-15-13-11-9-7-2/h20,22,42,44,46H,6-19,21,23-40H2,1-5H3/p+1/b22-20-/t42-,44?/m0/s1. The van der Waals surface area contributed by atoms with E-state index in [0.717, 1.165) is 57.8 Å². The molecule has 2 unspecified atom stereocenters. The van der Waals surface area contributed by atoms with Gasteiger partial charge in [-0.05, 0) is 38.5 Å². The van der Waals surface area contributed by atoms with Crippen LogP contribution in [0.1, 0.15) is 206 Å². The summed E-state index contributed by atoms with van der Waals surface area (Å²) in [4.78, 5) is 36.6. The van der Waals surface area contributed by atoms with Gasteiger partial charge >= 0.3 is 13.8 Å². The predicted octanol–water partition coefficient (Wildman–Crippen LogP) is 12.0. The maximum Gasteiger partial charge on any atom is 0.473 e. The highest BCUT2D eigenvalue weighted by molar-refractivity contribution is 7.47. The van der Waals surface area contributed by atoms with Gasteiger partial charge < -0.3 is 19.2 Å². The van der Waals surface area contributed by atoms with E-state index in [1.807, 2.05) is 21.1 Å². The minimum Gasteiger partial charge on any atom is -0.457 e. The number of allylic oxidation sites excluding steroid dienone is 2. The third kappa shape index (κ3) is 35.3. The molecule has 0 aromatic rings. The van der Waals surface area contributed by atoms with E-state index >= 15 is 0 Å². The molecule has 0 amide bonds. The van der Waals surface area contributed by atoms with Crippen LogP contribution in [-0.4, -0.2) is 79.3 Å². The third-order valence-electron chi connectivity index (χ3n) is 10.1. The second kappa shape index (κ2) is 36.3. The van der Waals surface area contributed by atoms with Crippen LogP contribution >= 0.6 is 7.82 Å². The Balaban J connectivity index is 4.62. The van der Waals surface area contributed by atoms with E-state index in [2.05, 4.69) is 26.0 Å². The van der Waals surface area contributed by atoms with Gasteiger partial charge in [0.2, 0.25) is 0 Å². The van der Waals surface area contributed by atoms with Crippen molar-refractivity contribution < 1.29 is 42.4 Å². The molecule has 0 aromatic carbocycles. The molecule has 9 nitrogen and oxygen atoms in total. The van der Waals surface area contributed by atoms with Crippen molar-refractivity contribution in [3.63, 3.8) is 0 Å². The highest BCUT2D eigenvalue weighted by Crippen LogP contribution is 2.45. The zero-order valence-corrected chi connectivity index (χ0v) is 36.8. The Morgan fingerprint density at radius 2 is 1.00 bits per heavy atom. The number of carbonyl (C=O) groups is 2. The number of ketones is 1. The lowest BCUT2D eigenvalue weighted by atomic mass is 10.0. The lowest BCUT2D eigenvalue weighted by Gasteiger charge is -2.27. The van der Waals surface area contributed by atoms with Gasteiger partial charge in [-0.3, -0.25) is 18.6 Å². The van der Waals surface area contributed by atoms with E-state index < -0.39 is 38.4 Å². The highest BCUT2D eigenvalue weighted by atomic mass is 31.2. The second-order valence-electron chi connectivity index (χ2n) is 16.6. The number of nitrogens with zero attached hydrogens (tertiary/aromatic N) is 1. The summed E-state index contributed by atoms with van der Waals surface area (Å²) >= 11 is 0. The van der Waals surface area contributed by atoms with E-state index in [-0.39, 0.29) is 19.4 Å². The van der Waals surface area contributed by atoms with Gasteiger partial charge in [0, 0.05) is 12.8 Å². The third-order valence-corrected chi connectivity index (χ3v) is 11.1. The summed E-state index contributed by atoms with van der Waals surface area (Å²) in [6.07, 6.45) is 34.9. The molecular formula is C44H87NO8P+. The molecular weight excluding hydrogens is 701 g/mol. The normalized spacial score (nSPS) is 14.4. The molecule has 0 aliphatic rings. The number of aliphatic hydroxyl groups excluding tert-OH is 1. The summed E-state index contributed by atoms with van der Waals surface area (Å²) in [5.41, 5.74) is 0. The van der Waals surface area contributed by atoms with Crippen molar-refractivity contribution in [2.75, 3.05) is 40.9 Å². The van der Waals surface area contributed by atoms with Gasteiger partial charge in [0.05, 0.1) is 27.7 Å². The van der Waals surface area contributed by atoms with Gasteiger partial charge in [0.25, 0.3) is 0 Å². The first-order valence-electron chi connectivity index (χ1n) is 22.4. The van der Waals surface area contributed by atoms with E-state index in [0.29, 0.717) is 23.9 Å². The topological polar surface area (TPSA) is 119 Å². The van der Waals surface area contributed by atoms with Crippen molar-refractivity contribution in [3.8, 4) is 0 Å². The van der Waals surface area contributed by atoms with Crippen LogP contribution in [0, 0.1) is 0 Å². The second-order valence-corrected chi connectivity index (χ2v) is 18.0. The van der Waals surface area contributed by atoms with Crippen molar-refractivity contribution in [3.05, 3.63) is 12.2 Å². The van der Waals surface area contributed by atoms with Crippen LogP contribution in [-0.2, 0) is 27.9 Å². The number of unbranched alkanes of at least 4 members (excludes halogenated alkanes) is 25. The van der Waals surface area contributed by atoms with E-state index in [9.17, 15) is 24.2 Å². The lowest BCUT2D eigenvalue weighted by Crippen LogP contribution is -2.42. The lowest BCUT2D eigenvalue weighted by molar-refractivity contribution is -0.870. The van der Waals surface area contributed by atoms with Gasteiger partial charge in [0.1, 0.15) is 13.2 Å². The minimum atomic E-state index is -4.67. The zero-order chi connectivity index (χ0) is 40.2. The Bertz CT molecular complexity index is 953. The van der Waals surface area contributed by atoms with Crippen LogP contribution in [0.2, 0.25) is 0 Å². The van der Waals surface area contributed by atoms with Gasteiger partial charge in [-0.2, -0.15) is 0 Å². The fourth-order valence-electron chi connectivity index (χ4n) is 6.51. The Morgan fingerprint density at radius 3 is 1.41 bits per heavy atom. The monoisotopic (exact) mass is 789 g/mol. The first kappa shape index (κ1) is 52.9. The largest absolute Gasteiger partial charge is 0.473 e. The quantitative estimate of drug-likeness (QED) is 0.0207. The summed E-state index contributed by atoms with van der Waals surface area (Å²) in [7, 11) is 1.10. The molecule has 2 N–H and O–H groups in total. The highest BCUT2D eigenvalue weighted by Gasteiger charge is 2.38. The Kier molecular flexibility index (Phi) is 35.5. The molecule has 0 rings (SSSR count). The Morgan fingerprint density at radius 1 is 0.611 bits per heavy atom. The van der Waals surface area contributed by atoms with Gasteiger partial charge in [-0.15, -0.1) is 0 Å². The number of quaternary nitrogens is 1. The van der Waals surface area contributed by atoms with Gasteiger partial charge in [0.15, 0.2) is 18.0 Å². The van der Waals surface area contributed by atoms with E-state index in [4.69, 9.17) is 13.8 Å². The molecule has 0 aliphatic heterocycles. The summed E-state index contributed by atoms with van der Waals surface area (Å²) in [5, 5.41) is 10.2. The van der Waals surface area contributed by atoms with Crippen molar-refractivity contribution >= 4 is 19.6 Å². The molecule has 0 heterocycles. The molecule has 320 valence electrons. The van der Waals surface area contributed by atoms with Gasteiger partial charge in [-0.1, -0.05) is 167 Å². The average Bonchev–Trinajstić information content (AvgIpc) is 3.12. The summed E-state index contributed by atoms with van der Waals surface area (Å²) in [6.45, 7) is 4.18. The summed E-state index contributed by atoms with van der Waals surface area (Å²) in [5.74, 6) is -1.03. The number of esters is 1. The molecule has 10 heteroatoms. The van der Waals surface area contributed by atoms with E-state index in [1.165, 1.54) is 109 Å². The number of carbonyl (C=O) groups excluding carboxylic acids is 2. The number of phosphoric ester groups is 1. The molecule has 0 saturated heterocycles. The molecule has 3 atom stereocenters. The van der Waals surface area contributed by atoms with Crippen LogP contribution in [0.5, 0.6) is 0 Å². The maximum atomic E-state index is 13.3. The first-order valence-corrected chi connectivity index (χ1v) is 23.9. The minimum absolute atomic E-state index is 0.0603. The number of ether oxygens (including phenoxy) is 1. The zero-order valence-electron chi connectivity index (χ0n) is 35.9. The molecule has 0 aromatic heterocycles. The van der Waals surface area contributed by atoms with Gasteiger partial charge in [-0.25, -0.2) is 4.57 Å².